The lowest BCUT2D eigenvalue weighted by molar-refractivity contribution is 0.105. The summed E-state index contributed by atoms with van der Waals surface area (Å²) in [5.41, 5.74) is 0.657. The highest BCUT2D eigenvalue weighted by Crippen LogP contribution is 2.26. The first-order chi connectivity index (χ1) is 11.1. The van der Waals surface area contributed by atoms with Gasteiger partial charge in [0.15, 0.2) is 16.7 Å². The molecule has 6 nitrogen and oxygen atoms in total. The Hall–Kier alpha value is -2.32. The van der Waals surface area contributed by atoms with Gasteiger partial charge in [0.05, 0.1) is 12.5 Å². The molecule has 0 fully saturated rings. The standard InChI is InChI=1S/C15H10N2O4S2/c1-9-8-12(22-13(18)10-4-2-6-20-10)17-15(16-9)23-14(19)11-5-3-7-21-11/h2-8H,1H3. The van der Waals surface area contributed by atoms with Crippen molar-refractivity contribution in [1.82, 2.24) is 9.97 Å². The van der Waals surface area contributed by atoms with Crippen LogP contribution >= 0.6 is 23.5 Å². The van der Waals surface area contributed by atoms with Gasteiger partial charge in [-0.3, -0.25) is 9.59 Å². The zero-order valence-corrected chi connectivity index (χ0v) is 13.5. The summed E-state index contributed by atoms with van der Waals surface area (Å²) < 4.78 is 10.1. The number of aromatic nitrogens is 2. The Bertz CT molecular complexity index is 763. The minimum atomic E-state index is -0.297. The van der Waals surface area contributed by atoms with E-state index in [1.165, 1.54) is 12.5 Å². The van der Waals surface area contributed by atoms with Crippen LogP contribution in [0.15, 0.2) is 61.9 Å². The van der Waals surface area contributed by atoms with Crippen molar-refractivity contribution in [3.63, 3.8) is 0 Å². The van der Waals surface area contributed by atoms with Gasteiger partial charge in [-0.25, -0.2) is 9.97 Å². The van der Waals surface area contributed by atoms with Gasteiger partial charge < -0.3 is 8.83 Å². The van der Waals surface area contributed by atoms with Crippen LogP contribution in [0.25, 0.3) is 0 Å². The fraction of sp³-hybridized carbons (Fsp3) is 0.0667. The Labute approximate surface area is 139 Å². The highest BCUT2D eigenvalue weighted by molar-refractivity contribution is 8.14. The van der Waals surface area contributed by atoms with E-state index in [-0.39, 0.29) is 26.9 Å². The Balaban J connectivity index is 1.76. The maximum absolute atomic E-state index is 12.0. The summed E-state index contributed by atoms with van der Waals surface area (Å²) in [6.07, 6.45) is 2.86. The molecule has 116 valence electrons. The summed E-state index contributed by atoms with van der Waals surface area (Å²) in [6, 6.07) is 8.10. The summed E-state index contributed by atoms with van der Waals surface area (Å²) in [5.74, 6) is 0.466. The molecule has 0 saturated heterocycles. The van der Waals surface area contributed by atoms with E-state index in [4.69, 9.17) is 8.83 Å². The third kappa shape index (κ3) is 3.91. The minimum absolute atomic E-state index is 0.223. The summed E-state index contributed by atoms with van der Waals surface area (Å²) in [4.78, 5) is 32.5. The van der Waals surface area contributed by atoms with Gasteiger partial charge in [0.25, 0.3) is 10.2 Å². The van der Waals surface area contributed by atoms with E-state index >= 15 is 0 Å². The predicted octanol–water partition coefficient (Wildman–Crippen LogP) is 3.84. The summed E-state index contributed by atoms with van der Waals surface area (Å²) in [6.45, 7) is 1.77. The highest BCUT2D eigenvalue weighted by atomic mass is 32.2. The molecule has 0 amide bonds. The number of nitrogens with zero attached hydrogens (tertiary/aromatic N) is 2. The van der Waals surface area contributed by atoms with Gasteiger partial charge in [-0.05, 0) is 60.8 Å². The molecule has 0 aromatic carbocycles. The van der Waals surface area contributed by atoms with Crippen molar-refractivity contribution in [2.45, 2.75) is 17.1 Å². The number of thioether (sulfide) groups is 2. The second-order valence-corrected chi connectivity index (χ2v) is 6.30. The number of hydrogen-bond donors (Lipinski definition) is 0. The monoisotopic (exact) mass is 346 g/mol. The van der Waals surface area contributed by atoms with Crippen molar-refractivity contribution in [1.29, 1.82) is 0 Å². The van der Waals surface area contributed by atoms with Crippen molar-refractivity contribution in [3.05, 3.63) is 60.1 Å². The quantitative estimate of drug-likeness (QED) is 0.400. The topological polar surface area (TPSA) is 86.2 Å². The van der Waals surface area contributed by atoms with E-state index in [1.807, 2.05) is 0 Å². The third-order valence-electron chi connectivity index (χ3n) is 2.64. The number of carbonyl (C=O) groups is 2. The zero-order chi connectivity index (χ0) is 16.2. The highest BCUT2D eigenvalue weighted by Gasteiger charge is 2.16. The largest absolute Gasteiger partial charge is 0.460 e. The fourth-order valence-electron chi connectivity index (χ4n) is 1.68. The zero-order valence-electron chi connectivity index (χ0n) is 11.9. The molecule has 0 N–H and O–H groups in total. The smallest absolute Gasteiger partial charge is 0.262 e. The molecule has 0 aliphatic carbocycles. The van der Waals surface area contributed by atoms with E-state index in [2.05, 4.69) is 9.97 Å². The van der Waals surface area contributed by atoms with Crippen molar-refractivity contribution < 1.29 is 18.4 Å². The molecule has 3 aromatic rings. The number of hydrogen-bond acceptors (Lipinski definition) is 8. The SMILES string of the molecule is Cc1cc(SC(=O)c2ccco2)nc(SC(=O)c2ccco2)n1. The molecule has 0 spiro atoms. The molecule has 23 heavy (non-hydrogen) atoms. The first-order valence-electron chi connectivity index (χ1n) is 6.49. The van der Waals surface area contributed by atoms with Crippen molar-refractivity contribution >= 4 is 33.8 Å². The number of carbonyl (C=O) groups excluding carboxylic acids is 2. The lowest BCUT2D eigenvalue weighted by Crippen LogP contribution is -1.99. The van der Waals surface area contributed by atoms with Crippen LogP contribution in [0.1, 0.15) is 26.8 Å². The number of furan rings is 2. The first-order valence-corrected chi connectivity index (χ1v) is 8.12. The molecule has 0 bridgehead atoms. The van der Waals surface area contributed by atoms with Gasteiger partial charge in [0.2, 0.25) is 0 Å². The second kappa shape index (κ2) is 6.84. The van der Waals surface area contributed by atoms with Crippen LogP contribution in [0.5, 0.6) is 0 Å². The summed E-state index contributed by atoms with van der Waals surface area (Å²) in [5, 5.41) is 0.158. The first kappa shape index (κ1) is 15.6. The van der Waals surface area contributed by atoms with E-state index in [1.54, 1.807) is 37.3 Å². The molecule has 0 aliphatic heterocycles. The number of rotatable bonds is 4. The van der Waals surface area contributed by atoms with Crippen LogP contribution < -0.4 is 0 Å². The van der Waals surface area contributed by atoms with Crippen LogP contribution in [0.4, 0.5) is 0 Å². The van der Waals surface area contributed by atoms with Crippen LogP contribution in [0, 0.1) is 6.92 Å². The molecule has 0 atom stereocenters. The molecule has 3 heterocycles. The maximum Gasteiger partial charge on any atom is 0.262 e. The molecule has 8 heteroatoms. The lowest BCUT2D eigenvalue weighted by Gasteiger charge is -2.03. The molecule has 3 rings (SSSR count). The summed E-state index contributed by atoms with van der Waals surface area (Å²) in [7, 11) is 0. The average Bonchev–Trinajstić information content (AvgIpc) is 3.20. The van der Waals surface area contributed by atoms with Crippen molar-refractivity contribution in [3.8, 4) is 0 Å². The van der Waals surface area contributed by atoms with Gasteiger partial charge in [-0.1, -0.05) is 0 Å². The van der Waals surface area contributed by atoms with Crippen LogP contribution in [0.2, 0.25) is 0 Å². The van der Waals surface area contributed by atoms with Gasteiger partial charge in [0.1, 0.15) is 5.03 Å². The molecule has 3 aromatic heterocycles. The van der Waals surface area contributed by atoms with E-state index in [0.717, 1.165) is 23.5 Å². The molecule has 0 aliphatic rings. The molecule has 0 unspecified atom stereocenters. The van der Waals surface area contributed by atoms with Gasteiger partial charge >= 0.3 is 0 Å². The Morgan fingerprint density at radius 3 is 2.13 bits per heavy atom. The summed E-state index contributed by atoms with van der Waals surface area (Å²) >= 11 is 1.77. The number of aryl methyl sites for hydroxylation is 1. The van der Waals surface area contributed by atoms with E-state index in [0.29, 0.717) is 10.7 Å². The van der Waals surface area contributed by atoms with E-state index < -0.39 is 0 Å². The fourth-order valence-corrected chi connectivity index (χ4v) is 3.22. The van der Waals surface area contributed by atoms with Gasteiger partial charge in [-0.15, -0.1) is 0 Å². The normalized spacial score (nSPS) is 10.7. The van der Waals surface area contributed by atoms with Gasteiger partial charge in [0, 0.05) is 5.69 Å². The van der Waals surface area contributed by atoms with Crippen LogP contribution in [-0.2, 0) is 0 Å². The van der Waals surface area contributed by atoms with Crippen LogP contribution in [-0.4, -0.2) is 20.2 Å². The van der Waals surface area contributed by atoms with Crippen LogP contribution in [0.3, 0.4) is 0 Å². The Morgan fingerprint density at radius 2 is 1.57 bits per heavy atom. The van der Waals surface area contributed by atoms with Crippen molar-refractivity contribution in [2.75, 3.05) is 0 Å². The minimum Gasteiger partial charge on any atom is -0.460 e. The predicted molar refractivity (Wildman–Crippen MR) is 84.6 cm³/mol. The second-order valence-electron chi connectivity index (χ2n) is 4.36. The van der Waals surface area contributed by atoms with Gasteiger partial charge in [-0.2, -0.15) is 0 Å². The molecular weight excluding hydrogens is 336 g/mol. The average molecular weight is 346 g/mol. The van der Waals surface area contributed by atoms with E-state index in [9.17, 15) is 9.59 Å². The lowest BCUT2D eigenvalue weighted by atomic mass is 10.5. The Morgan fingerprint density at radius 1 is 0.957 bits per heavy atom. The molecular formula is C15H10N2O4S2. The van der Waals surface area contributed by atoms with Crippen molar-refractivity contribution in [2.24, 2.45) is 0 Å². The molecule has 0 saturated carbocycles. The molecule has 0 radical (unpaired) electrons. The third-order valence-corrected chi connectivity index (χ3v) is 4.19. The Kier molecular flexibility index (Phi) is 4.63. The maximum atomic E-state index is 12.0.